The first kappa shape index (κ1) is 16.5. The summed E-state index contributed by atoms with van der Waals surface area (Å²) in [5.41, 5.74) is 5.35. The lowest BCUT2D eigenvalue weighted by Crippen LogP contribution is -2.50. The Bertz CT molecular complexity index is 572. The lowest BCUT2D eigenvalue weighted by Gasteiger charge is -2.37. The van der Waals surface area contributed by atoms with E-state index in [2.05, 4.69) is 10.3 Å². The summed E-state index contributed by atoms with van der Waals surface area (Å²) in [6.45, 7) is 2.61. The summed E-state index contributed by atoms with van der Waals surface area (Å²) in [5, 5.41) is 3.42. The van der Waals surface area contributed by atoms with Gasteiger partial charge in [-0.25, -0.2) is 9.78 Å². The van der Waals surface area contributed by atoms with E-state index in [0.717, 1.165) is 44.6 Å². The third-order valence-corrected chi connectivity index (χ3v) is 4.91. The van der Waals surface area contributed by atoms with E-state index in [0.29, 0.717) is 19.1 Å². The van der Waals surface area contributed by atoms with Crippen LogP contribution in [0.2, 0.25) is 0 Å². The molecule has 1 unspecified atom stereocenters. The number of rotatable bonds is 3. The molecule has 0 radical (unpaired) electrons. The number of piperidine rings is 2. The van der Waals surface area contributed by atoms with Crippen molar-refractivity contribution in [2.24, 2.45) is 11.7 Å². The SMILES string of the molecule is NC(=O)N1CCCC(C(=O)N2CCC(Nc3ccccn3)CC2)C1. The largest absolute Gasteiger partial charge is 0.367 e. The number of nitrogens with one attached hydrogen (secondary N) is 1. The second-order valence-electron chi connectivity index (χ2n) is 6.58. The topological polar surface area (TPSA) is 91.6 Å². The summed E-state index contributed by atoms with van der Waals surface area (Å²) in [6, 6.07) is 5.73. The van der Waals surface area contributed by atoms with E-state index >= 15 is 0 Å². The van der Waals surface area contributed by atoms with E-state index in [4.69, 9.17) is 5.73 Å². The Kier molecular flexibility index (Phi) is 5.17. The monoisotopic (exact) mass is 331 g/mol. The maximum atomic E-state index is 12.7. The molecule has 1 atom stereocenters. The van der Waals surface area contributed by atoms with Crippen LogP contribution in [0.1, 0.15) is 25.7 Å². The minimum absolute atomic E-state index is 0.105. The maximum Gasteiger partial charge on any atom is 0.314 e. The molecule has 2 fully saturated rings. The highest BCUT2D eigenvalue weighted by Crippen LogP contribution is 2.22. The van der Waals surface area contributed by atoms with Crippen LogP contribution in [0.15, 0.2) is 24.4 Å². The molecule has 0 bridgehead atoms. The number of urea groups is 1. The van der Waals surface area contributed by atoms with Gasteiger partial charge in [0.2, 0.25) is 5.91 Å². The maximum absolute atomic E-state index is 12.7. The van der Waals surface area contributed by atoms with Gasteiger partial charge in [-0.3, -0.25) is 4.79 Å². The van der Waals surface area contributed by atoms with Crippen LogP contribution in [0.3, 0.4) is 0 Å². The summed E-state index contributed by atoms with van der Waals surface area (Å²) in [5.74, 6) is 0.940. The molecule has 2 saturated heterocycles. The van der Waals surface area contributed by atoms with Crippen molar-refractivity contribution in [2.75, 3.05) is 31.5 Å². The third-order valence-electron chi connectivity index (χ3n) is 4.91. The van der Waals surface area contributed by atoms with E-state index in [9.17, 15) is 9.59 Å². The Labute approximate surface area is 142 Å². The number of hydrogen-bond acceptors (Lipinski definition) is 4. The summed E-state index contributed by atoms with van der Waals surface area (Å²) < 4.78 is 0. The fraction of sp³-hybridized carbons (Fsp3) is 0.588. The standard InChI is InChI=1S/C17H25N5O2/c18-17(24)22-9-3-4-13(12-22)16(23)21-10-6-14(7-11-21)20-15-5-1-2-8-19-15/h1-2,5,8,13-14H,3-4,6-7,9-12H2,(H2,18,24)(H,19,20). The number of hydrogen-bond donors (Lipinski definition) is 2. The molecule has 0 saturated carbocycles. The number of aromatic nitrogens is 1. The Morgan fingerprint density at radius 3 is 2.58 bits per heavy atom. The minimum Gasteiger partial charge on any atom is -0.367 e. The van der Waals surface area contributed by atoms with Gasteiger partial charge in [-0.05, 0) is 37.8 Å². The van der Waals surface area contributed by atoms with Crippen molar-refractivity contribution in [2.45, 2.75) is 31.7 Å². The predicted molar refractivity (Wildman–Crippen MR) is 91.3 cm³/mol. The second kappa shape index (κ2) is 7.51. The quantitative estimate of drug-likeness (QED) is 0.873. The number of anilines is 1. The average Bonchev–Trinajstić information content (AvgIpc) is 2.63. The van der Waals surface area contributed by atoms with Crippen molar-refractivity contribution in [1.82, 2.24) is 14.8 Å². The molecule has 3 N–H and O–H groups in total. The fourth-order valence-electron chi connectivity index (χ4n) is 3.54. The van der Waals surface area contributed by atoms with Crippen LogP contribution < -0.4 is 11.1 Å². The number of likely N-dealkylation sites (tertiary alicyclic amines) is 2. The fourth-order valence-corrected chi connectivity index (χ4v) is 3.54. The number of primary amides is 1. The highest BCUT2D eigenvalue weighted by molar-refractivity contribution is 5.80. The van der Waals surface area contributed by atoms with E-state index in [1.54, 1.807) is 11.1 Å². The molecule has 7 nitrogen and oxygen atoms in total. The van der Waals surface area contributed by atoms with Crippen molar-refractivity contribution in [1.29, 1.82) is 0 Å². The summed E-state index contributed by atoms with van der Waals surface area (Å²) >= 11 is 0. The average molecular weight is 331 g/mol. The Morgan fingerprint density at radius 1 is 1.12 bits per heavy atom. The third kappa shape index (κ3) is 3.96. The van der Waals surface area contributed by atoms with E-state index in [-0.39, 0.29) is 11.8 Å². The molecular formula is C17H25N5O2. The van der Waals surface area contributed by atoms with Crippen molar-refractivity contribution in [3.8, 4) is 0 Å². The summed E-state index contributed by atoms with van der Waals surface area (Å²) in [6.07, 6.45) is 5.28. The normalized spacial score (nSPS) is 22.2. The van der Waals surface area contributed by atoms with Crippen LogP contribution in [0, 0.1) is 5.92 Å². The van der Waals surface area contributed by atoms with Crippen LogP contribution in [0.5, 0.6) is 0 Å². The molecule has 1 aromatic heterocycles. The smallest absolute Gasteiger partial charge is 0.314 e. The van der Waals surface area contributed by atoms with Gasteiger partial charge in [0, 0.05) is 38.4 Å². The molecule has 2 aliphatic heterocycles. The highest BCUT2D eigenvalue weighted by Gasteiger charge is 2.32. The van der Waals surface area contributed by atoms with Gasteiger partial charge in [-0.15, -0.1) is 0 Å². The van der Waals surface area contributed by atoms with Gasteiger partial charge in [0.15, 0.2) is 0 Å². The van der Waals surface area contributed by atoms with Crippen LogP contribution in [0.4, 0.5) is 10.6 Å². The predicted octanol–water partition coefficient (Wildman–Crippen LogP) is 1.28. The van der Waals surface area contributed by atoms with E-state index in [1.165, 1.54) is 0 Å². The van der Waals surface area contributed by atoms with E-state index < -0.39 is 6.03 Å². The molecule has 1 aromatic rings. The first-order valence-corrected chi connectivity index (χ1v) is 8.64. The molecule has 0 aromatic carbocycles. The number of carbonyl (C=O) groups is 2. The molecule has 7 heteroatoms. The van der Waals surface area contributed by atoms with Gasteiger partial charge in [-0.2, -0.15) is 0 Å². The summed E-state index contributed by atoms with van der Waals surface area (Å²) in [4.78, 5) is 31.8. The molecule has 130 valence electrons. The van der Waals surface area contributed by atoms with Crippen LogP contribution in [-0.2, 0) is 4.79 Å². The zero-order valence-corrected chi connectivity index (χ0v) is 13.9. The van der Waals surface area contributed by atoms with Gasteiger partial charge in [0.25, 0.3) is 0 Å². The zero-order chi connectivity index (χ0) is 16.9. The van der Waals surface area contributed by atoms with Crippen molar-refractivity contribution in [3.63, 3.8) is 0 Å². The molecule has 3 rings (SSSR count). The number of amides is 3. The highest BCUT2D eigenvalue weighted by atomic mass is 16.2. The minimum atomic E-state index is -0.425. The van der Waals surface area contributed by atoms with Gasteiger partial charge in [-0.1, -0.05) is 6.07 Å². The molecule has 0 spiro atoms. The van der Waals surface area contributed by atoms with Crippen molar-refractivity contribution >= 4 is 17.8 Å². The van der Waals surface area contributed by atoms with Gasteiger partial charge in [0.05, 0.1) is 5.92 Å². The van der Waals surface area contributed by atoms with Crippen LogP contribution in [-0.4, -0.2) is 58.9 Å². The van der Waals surface area contributed by atoms with E-state index in [1.807, 2.05) is 23.1 Å². The lowest BCUT2D eigenvalue weighted by molar-refractivity contribution is -0.137. The second-order valence-corrected chi connectivity index (χ2v) is 6.58. The van der Waals surface area contributed by atoms with Gasteiger partial charge in [0.1, 0.15) is 5.82 Å². The molecule has 3 heterocycles. The van der Waals surface area contributed by atoms with Crippen LogP contribution in [0.25, 0.3) is 0 Å². The Balaban J connectivity index is 1.49. The molecule has 0 aliphatic carbocycles. The molecule has 24 heavy (non-hydrogen) atoms. The Hall–Kier alpha value is -2.31. The van der Waals surface area contributed by atoms with Crippen molar-refractivity contribution < 1.29 is 9.59 Å². The summed E-state index contributed by atoms with van der Waals surface area (Å²) in [7, 11) is 0. The zero-order valence-electron chi connectivity index (χ0n) is 13.9. The van der Waals surface area contributed by atoms with Gasteiger partial charge < -0.3 is 20.9 Å². The lowest BCUT2D eigenvalue weighted by atomic mass is 9.95. The van der Waals surface area contributed by atoms with Crippen molar-refractivity contribution in [3.05, 3.63) is 24.4 Å². The number of nitrogens with zero attached hydrogens (tertiary/aromatic N) is 3. The van der Waals surface area contributed by atoms with Gasteiger partial charge >= 0.3 is 6.03 Å². The Morgan fingerprint density at radius 2 is 1.92 bits per heavy atom. The molecule has 3 amide bonds. The van der Waals surface area contributed by atoms with Crippen LogP contribution >= 0.6 is 0 Å². The first-order valence-electron chi connectivity index (χ1n) is 8.64. The molecular weight excluding hydrogens is 306 g/mol. The molecule has 2 aliphatic rings. The first-order chi connectivity index (χ1) is 11.6. The number of pyridine rings is 1. The number of nitrogens with two attached hydrogens (primary N) is 1. The number of carbonyl (C=O) groups excluding carboxylic acids is 2.